The Hall–Kier alpha value is -2.30. The van der Waals surface area contributed by atoms with Gasteiger partial charge in [-0.2, -0.15) is 14.1 Å². The molecule has 37 heavy (non-hydrogen) atoms. The highest BCUT2D eigenvalue weighted by Gasteiger charge is 2.32. The summed E-state index contributed by atoms with van der Waals surface area (Å²) in [6, 6.07) is 11.2. The van der Waals surface area contributed by atoms with Crippen LogP contribution >= 0.6 is 34.8 Å². The Morgan fingerprint density at radius 2 is 1.62 bits per heavy atom. The zero-order valence-corrected chi connectivity index (χ0v) is 22.9. The van der Waals surface area contributed by atoms with Crippen molar-refractivity contribution in [2.24, 2.45) is 0 Å². The molecule has 8 nitrogen and oxygen atoms in total. The van der Waals surface area contributed by atoms with Gasteiger partial charge in [0.25, 0.3) is 0 Å². The lowest BCUT2D eigenvalue weighted by Gasteiger charge is -2.36. The molecule has 1 aliphatic heterocycles. The second-order valence-corrected chi connectivity index (χ2v) is 12.2. The standard InChI is InChI=1S/C25H25Cl3N4O4S/c26-17-4-3-5-19(14-17)32-25(33)24(36-20-6-1-2-7-20)22(16-29-32)30-10-12-31(13-11-30)37(34,35)23-9-8-18(27)15-21(23)28/h3-5,8-9,14-16,20H,1-2,6-7,10-13H2. The van der Waals surface area contributed by atoms with Gasteiger partial charge in [-0.1, -0.05) is 40.9 Å². The maximum Gasteiger partial charge on any atom is 0.316 e. The van der Waals surface area contributed by atoms with Gasteiger partial charge in [0.05, 0.1) is 23.0 Å². The average Bonchev–Trinajstić information content (AvgIpc) is 3.38. The predicted molar refractivity (Wildman–Crippen MR) is 145 cm³/mol. The quantitative estimate of drug-likeness (QED) is 0.405. The van der Waals surface area contributed by atoms with Gasteiger partial charge in [0.1, 0.15) is 10.6 Å². The molecule has 5 rings (SSSR count). The fourth-order valence-electron chi connectivity index (χ4n) is 4.72. The molecular weight excluding hydrogens is 559 g/mol. The van der Waals surface area contributed by atoms with Crippen LogP contribution in [0.15, 0.2) is 58.4 Å². The third-order valence-electron chi connectivity index (χ3n) is 6.65. The maximum atomic E-state index is 13.6. The van der Waals surface area contributed by atoms with Crippen LogP contribution in [0.2, 0.25) is 15.1 Å². The number of nitrogens with zero attached hydrogens (tertiary/aromatic N) is 4. The monoisotopic (exact) mass is 582 g/mol. The molecule has 0 spiro atoms. The summed E-state index contributed by atoms with van der Waals surface area (Å²) in [5.74, 6) is 0.221. The van der Waals surface area contributed by atoms with Crippen LogP contribution in [-0.4, -0.2) is 54.8 Å². The molecule has 0 amide bonds. The van der Waals surface area contributed by atoms with Crippen LogP contribution in [0.3, 0.4) is 0 Å². The zero-order valence-electron chi connectivity index (χ0n) is 19.8. The highest BCUT2D eigenvalue weighted by atomic mass is 35.5. The number of sulfonamides is 1. The lowest BCUT2D eigenvalue weighted by atomic mass is 10.2. The summed E-state index contributed by atoms with van der Waals surface area (Å²) in [5.41, 5.74) is 0.711. The molecule has 0 unspecified atom stereocenters. The minimum absolute atomic E-state index is 0.0167. The topological polar surface area (TPSA) is 84.7 Å². The van der Waals surface area contributed by atoms with Crippen molar-refractivity contribution in [2.45, 2.75) is 36.7 Å². The molecule has 0 radical (unpaired) electrons. The number of benzene rings is 2. The van der Waals surface area contributed by atoms with Gasteiger partial charge in [-0.25, -0.2) is 8.42 Å². The molecule has 0 N–H and O–H groups in total. The number of rotatable bonds is 6. The highest BCUT2D eigenvalue weighted by Crippen LogP contribution is 2.32. The van der Waals surface area contributed by atoms with Crippen LogP contribution in [0, 0.1) is 0 Å². The summed E-state index contributed by atoms with van der Waals surface area (Å²) < 4.78 is 35.4. The molecule has 1 aliphatic carbocycles. The Kier molecular flexibility index (Phi) is 7.70. The number of hydrogen-bond donors (Lipinski definition) is 0. The van der Waals surface area contributed by atoms with Crippen LogP contribution < -0.4 is 15.2 Å². The second-order valence-electron chi connectivity index (χ2n) is 9.05. The average molecular weight is 584 g/mol. The normalized spacial score (nSPS) is 17.3. The van der Waals surface area contributed by atoms with Crippen molar-refractivity contribution in [3.8, 4) is 11.4 Å². The molecule has 0 bridgehead atoms. The molecule has 1 saturated heterocycles. The minimum Gasteiger partial charge on any atom is -0.483 e. The summed E-state index contributed by atoms with van der Waals surface area (Å²) in [5, 5.41) is 5.33. The molecule has 2 fully saturated rings. The van der Waals surface area contributed by atoms with E-state index < -0.39 is 10.0 Å². The van der Waals surface area contributed by atoms with Crippen LogP contribution in [0.25, 0.3) is 5.69 Å². The molecule has 196 valence electrons. The van der Waals surface area contributed by atoms with Crippen molar-refractivity contribution in [2.75, 3.05) is 31.1 Å². The molecule has 2 heterocycles. The molecule has 3 aromatic rings. The van der Waals surface area contributed by atoms with Gasteiger partial charge in [-0.3, -0.25) is 4.79 Å². The summed E-state index contributed by atoms with van der Waals surface area (Å²) >= 11 is 18.3. The predicted octanol–water partition coefficient (Wildman–Crippen LogP) is 5.03. The Bertz CT molecular complexity index is 1470. The summed E-state index contributed by atoms with van der Waals surface area (Å²) in [4.78, 5) is 15.5. The van der Waals surface area contributed by atoms with E-state index >= 15 is 0 Å². The maximum absolute atomic E-state index is 13.6. The van der Waals surface area contributed by atoms with E-state index in [0.29, 0.717) is 34.5 Å². The van der Waals surface area contributed by atoms with E-state index in [1.165, 1.54) is 27.2 Å². The Morgan fingerprint density at radius 1 is 0.919 bits per heavy atom. The van der Waals surface area contributed by atoms with Crippen LogP contribution in [0.1, 0.15) is 25.7 Å². The third kappa shape index (κ3) is 5.47. The third-order valence-corrected chi connectivity index (χ3v) is 9.50. The number of hydrogen-bond acceptors (Lipinski definition) is 6. The van der Waals surface area contributed by atoms with E-state index in [1.807, 2.05) is 4.90 Å². The number of anilines is 1. The minimum atomic E-state index is -3.81. The summed E-state index contributed by atoms with van der Waals surface area (Å²) in [6.07, 6.45) is 5.43. The smallest absolute Gasteiger partial charge is 0.316 e. The Balaban J connectivity index is 1.43. The summed E-state index contributed by atoms with van der Waals surface area (Å²) in [6.45, 7) is 1.13. The molecule has 0 atom stereocenters. The first-order valence-corrected chi connectivity index (χ1v) is 14.6. The van der Waals surface area contributed by atoms with Gasteiger partial charge in [0.2, 0.25) is 15.8 Å². The zero-order chi connectivity index (χ0) is 26.2. The lowest BCUT2D eigenvalue weighted by Crippen LogP contribution is -2.49. The van der Waals surface area contributed by atoms with E-state index in [2.05, 4.69) is 5.10 Å². The first kappa shape index (κ1) is 26.3. The fourth-order valence-corrected chi connectivity index (χ4v) is 7.08. The van der Waals surface area contributed by atoms with Crippen molar-refractivity contribution < 1.29 is 13.2 Å². The van der Waals surface area contributed by atoms with E-state index in [-0.39, 0.29) is 40.4 Å². The van der Waals surface area contributed by atoms with E-state index in [0.717, 1.165) is 25.7 Å². The summed E-state index contributed by atoms with van der Waals surface area (Å²) in [7, 11) is -3.81. The van der Waals surface area contributed by atoms with Gasteiger partial charge < -0.3 is 9.64 Å². The van der Waals surface area contributed by atoms with Crippen molar-refractivity contribution in [1.82, 2.24) is 14.1 Å². The van der Waals surface area contributed by atoms with E-state index in [1.54, 1.807) is 30.5 Å². The van der Waals surface area contributed by atoms with E-state index in [9.17, 15) is 13.2 Å². The number of halogens is 3. The molecular formula is C25H25Cl3N4O4S. The van der Waals surface area contributed by atoms with Crippen LogP contribution in [0.4, 0.5) is 5.69 Å². The van der Waals surface area contributed by atoms with Gasteiger partial charge in [0.15, 0.2) is 0 Å². The SMILES string of the molecule is O=c1c(OC2CCCC2)c(N2CCN(S(=O)(=O)c3ccc(Cl)cc3Cl)CC2)cnn1-c1cccc(Cl)c1. The van der Waals surface area contributed by atoms with Gasteiger partial charge in [-0.05, 0) is 62.1 Å². The number of aromatic nitrogens is 2. The number of piperazine rings is 1. The van der Waals surface area contributed by atoms with Crippen LogP contribution in [0.5, 0.6) is 5.75 Å². The van der Waals surface area contributed by atoms with Gasteiger partial charge >= 0.3 is 5.56 Å². The first-order valence-electron chi connectivity index (χ1n) is 12.0. The van der Waals surface area contributed by atoms with Crippen LogP contribution in [-0.2, 0) is 10.0 Å². The van der Waals surface area contributed by atoms with E-state index in [4.69, 9.17) is 39.5 Å². The largest absolute Gasteiger partial charge is 0.483 e. The Morgan fingerprint density at radius 3 is 2.30 bits per heavy atom. The highest BCUT2D eigenvalue weighted by molar-refractivity contribution is 7.89. The first-order chi connectivity index (χ1) is 17.7. The molecule has 1 saturated carbocycles. The van der Waals surface area contributed by atoms with Crippen molar-refractivity contribution >= 4 is 50.5 Å². The van der Waals surface area contributed by atoms with Gasteiger partial charge in [-0.15, -0.1) is 0 Å². The number of ether oxygens (including phenoxy) is 1. The van der Waals surface area contributed by atoms with Gasteiger partial charge in [0, 0.05) is 36.2 Å². The molecule has 2 aliphatic rings. The molecule has 12 heteroatoms. The second kappa shape index (κ2) is 10.8. The van der Waals surface area contributed by atoms with Crippen molar-refractivity contribution in [3.63, 3.8) is 0 Å². The van der Waals surface area contributed by atoms with Crippen molar-refractivity contribution in [3.05, 3.63) is 74.1 Å². The van der Waals surface area contributed by atoms with Crippen molar-refractivity contribution in [1.29, 1.82) is 0 Å². The Labute approximate surface area is 230 Å². The fraction of sp³-hybridized carbons (Fsp3) is 0.360. The molecule has 1 aromatic heterocycles. The molecule has 2 aromatic carbocycles. The lowest BCUT2D eigenvalue weighted by molar-refractivity contribution is 0.205.